The molecule has 1 aliphatic heterocycles. The summed E-state index contributed by atoms with van der Waals surface area (Å²) in [4.78, 5) is 2.48. The zero-order valence-corrected chi connectivity index (χ0v) is 6.14. The minimum atomic E-state index is 0.819. The normalized spacial score (nSPS) is 28.0. The Hall–Kier alpha value is -0.0800. The molecule has 0 aliphatic carbocycles. The minimum Gasteiger partial charge on any atom is -0.330 e. The van der Waals surface area contributed by atoms with Crippen LogP contribution in [0.15, 0.2) is 0 Å². The van der Waals surface area contributed by atoms with Crippen LogP contribution >= 0.6 is 0 Å². The van der Waals surface area contributed by atoms with Crippen LogP contribution in [0.3, 0.4) is 0 Å². The fourth-order valence-electron chi connectivity index (χ4n) is 1.43. The van der Waals surface area contributed by atoms with Crippen LogP contribution in [0.5, 0.6) is 0 Å². The summed E-state index contributed by atoms with van der Waals surface area (Å²) in [7, 11) is 0. The van der Waals surface area contributed by atoms with Gasteiger partial charge in [-0.1, -0.05) is 6.92 Å². The second-order valence-electron chi connectivity index (χ2n) is 2.65. The second-order valence-corrected chi connectivity index (χ2v) is 2.65. The molecule has 1 unspecified atom stereocenters. The maximum atomic E-state index is 5.43. The van der Waals surface area contributed by atoms with Crippen LogP contribution in [0.25, 0.3) is 0 Å². The van der Waals surface area contributed by atoms with E-state index in [4.69, 9.17) is 5.73 Å². The third-order valence-corrected chi connectivity index (χ3v) is 2.17. The molecular weight excluding hydrogens is 112 g/mol. The Kier molecular flexibility index (Phi) is 2.49. The van der Waals surface area contributed by atoms with E-state index >= 15 is 0 Å². The molecule has 0 radical (unpaired) electrons. The summed E-state index contributed by atoms with van der Waals surface area (Å²) >= 11 is 0. The molecule has 0 aromatic heterocycles. The SMILES string of the molecule is CCN1CCC1CCN. The van der Waals surface area contributed by atoms with Crippen LogP contribution in [0, 0.1) is 0 Å². The molecule has 0 spiro atoms. The Balaban J connectivity index is 2.11. The molecule has 1 heterocycles. The third kappa shape index (κ3) is 1.43. The molecule has 2 N–H and O–H groups in total. The predicted octanol–water partition coefficient (Wildman–Crippen LogP) is 0.429. The molecule has 0 saturated carbocycles. The number of likely N-dealkylation sites (tertiary alicyclic amines) is 1. The van der Waals surface area contributed by atoms with Gasteiger partial charge in [0.2, 0.25) is 0 Å². The fraction of sp³-hybridized carbons (Fsp3) is 1.00. The second kappa shape index (κ2) is 3.18. The van der Waals surface area contributed by atoms with Gasteiger partial charge in [0.15, 0.2) is 0 Å². The van der Waals surface area contributed by atoms with Crippen molar-refractivity contribution >= 4 is 0 Å². The lowest BCUT2D eigenvalue weighted by molar-refractivity contribution is 0.0929. The largest absolute Gasteiger partial charge is 0.330 e. The van der Waals surface area contributed by atoms with Gasteiger partial charge in [0, 0.05) is 6.04 Å². The van der Waals surface area contributed by atoms with Crippen molar-refractivity contribution < 1.29 is 0 Å². The molecule has 1 fully saturated rings. The van der Waals surface area contributed by atoms with E-state index in [2.05, 4.69) is 11.8 Å². The molecule has 0 amide bonds. The van der Waals surface area contributed by atoms with Gasteiger partial charge in [-0.05, 0) is 32.5 Å². The summed E-state index contributed by atoms with van der Waals surface area (Å²) in [6.07, 6.45) is 2.55. The third-order valence-electron chi connectivity index (χ3n) is 2.17. The smallest absolute Gasteiger partial charge is 0.0119 e. The molecule has 0 bridgehead atoms. The van der Waals surface area contributed by atoms with Crippen LogP contribution in [-0.4, -0.2) is 30.6 Å². The average molecular weight is 128 g/mol. The van der Waals surface area contributed by atoms with Crippen molar-refractivity contribution in [3.63, 3.8) is 0 Å². The molecule has 0 aromatic rings. The first kappa shape index (κ1) is 7.03. The van der Waals surface area contributed by atoms with E-state index in [9.17, 15) is 0 Å². The Labute approximate surface area is 57.0 Å². The van der Waals surface area contributed by atoms with E-state index in [1.54, 1.807) is 0 Å². The van der Waals surface area contributed by atoms with Crippen molar-refractivity contribution in [2.45, 2.75) is 25.8 Å². The summed E-state index contributed by atoms with van der Waals surface area (Å²) in [6.45, 7) is 5.55. The lowest BCUT2D eigenvalue weighted by Gasteiger charge is -2.40. The molecule has 1 aliphatic rings. The Morgan fingerprint density at radius 2 is 2.44 bits per heavy atom. The van der Waals surface area contributed by atoms with Crippen molar-refractivity contribution in [3.8, 4) is 0 Å². The first-order chi connectivity index (χ1) is 4.38. The van der Waals surface area contributed by atoms with Gasteiger partial charge in [-0.2, -0.15) is 0 Å². The van der Waals surface area contributed by atoms with Gasteiger partial charge in [0.25, 0.3) is 0 Å². The van der Waals surface area contributed by atoms with E-state index in [0.717, 1.165) is 12.6 Å². The average Bonchev–Trinajstić information content (AvgIpc) is 1.82. The summed E-state index contributed by atoms with van der Waals surface area (Å²) < 4.78 is 0. The van der Waals surface area contributed by atoms with Crippen LogP contribution in [0.1, 0.15) is 19.8 Å². The van der Waals surface area contributed by atoms with Gasteiger partial charge >= 0.3 is 0 Å². The van der Waals surface area contributed by atoms with Crippen molar-refractivity contribution in [1.82, 2.24) is 4.90 Å². The van der Waals surface area contributed by atoms with Gasteiger partial charge in [-0.3, -0.25) is 0 Å². The Bertz CT molecular complexity index is 81.0. The highest BCUT2D eigenvalue weighted by Gasteiger charge is 2.24. The van der Waals surface area contributed by atoms with E-state index in [-0.39, 0.29) is 0 Å². The molecule has 0 aromatic carbocycles. The van der Waals surface area contributed by atoms with Gasteiger partial charge in [-0.15, -0.1) is 0 Å². The molecule has 9 heavy (non-hydrogen) atoms. The fourth-order valence-corrected chi connectivity index (χ4v) is 1.43. The molecule has 2 heteroatoms. The van der Waals surface area contributed by atoms with Crippen molar-refractivity contribution in [3.05, 3.63) is 0 Å². The zero-order chi connectivity index (χ0) is 6.69. The molecule has 1 rings (SSSR count). The number of nitrogens with zero attached hydrogens (tertiary/aromatic N) is 1. The number of hydrogen-bond acceptors (Lipinski definition) is 2. The van der Waals surface area contributed by atoms with Crippen LogP contribution in [0.2, 0.25) is 0 Å². The van der Waals surface area contributed by atoms with E-state index in [1.807, 2.05) is 0 Å². The predicted molar refractivity (Wildman–Crippen MR) is 39.3 cm³/mol. The topological polar surface area (TPSA) is 29.3 Å². The first-order valence-electron chi connectivity index (χ1n) is 3.82. The van der Waals surface area contributed by atoms with Gasteiger partial charge in [0.1, 0.15) is 0 Å². The van der Waals surface area contributed by atoms with Crippen LogP contribution < -0.4 is 5.73 Å². The molecule has 1 saturated heterocycles. The van der Waals surface area contributed by atoms with E-state index < -0.39 is 0 Å². The summed E-state index contributed by atoms with van der Waals surface area (Å²) in [6, 6.07) is 0.819. The number of hydrogen-bond donors (Lipinski definition) is 1. The number of rotatable bonds is 3. The minimum absolute atomic E-state index is 0.819. The lowest BCUT2D eigenvalue weighted by Crippen LogP contribution is -2.48. The Morgan fingerprint density at radius 1 is 1.67 bits per heavy atom. The van der Waals surface area contributed by atoms with Crippen molar-refractivity contribution in [1.29, 1.82) is 0 Å². The standard InChI is InChI=1S/C7H16N2/c1-2-9-6-4-7(9)3-5-8/h7H,2-6,8H2,1H3. The van der Waals surface area contributed by atoms with Crippen molar-refractivity contribution in [2.75, 3.05) is 19.6 Å². The molecule has 1 atom stereocenters. The highest BCUT2D eigenvalue weighted by atomic mass is 15.2. The highest BCUT2D eigenvalue weighted by Crippen LogP contribution is 2.18. The van der Waals surface area contributed by atoms with Crippen LogP contribution in [0.4, 0.5) is 0 Å². The van der Waals surface area contributed by atoms with E-state index in [0.29, 0.717) is 0 Å². The maximum Gasteiger partial charge on any atom is 0.0119 e. The lowest BCUT2D eigenvalue weighted by atomic mass is 10.0. The molecule has 2 nitrogen and oxygen atoms in total. The van der Waals surface area contributed by atoms with Gasteiger partial charge in [-0.25, -0.2) is 0 Å². The molecule has 54 valence electrons. The summed E-state index contributed by atoms with van der Waals surface area (Å²) in [5, 5.41) is 0. The summed E-state index contributed by atoms with van der Waals surface area (Å²) in [5.74, 6) is 0. The highest BCUT2D eigenvalue weighted by molar-refractivity contribution is 4.81. The van der Waals surface area contributed by atoms with Gasteiger partial charge in [0.05, 0.1) is 0 Å². The zero-order valence-electron chi connectivity index (χ0n) is 6.14. The van der Waals surface area contributed by atoms with Gasteiger partial charge < -0.3 is 10.6 Å². The monoisotopic (exact) mass is 128 g/mol. The molecular formula is C7H16N2. The van der Waals surface area contributed by atoms with Crippen molar-refractivity contribution in [2.24, 2.45) is 5.73 Å². The Morgan fingerprint density at radius 3 is 2.78 bits per heavy atom. The summed E-state index contributed by atoms with van der Waals surface area (Å²) in [5.41, 5.74) is 5.43. The van der Waals surface area contributed by atoms with E-state index in [1.165, 1.54) is 25.9 Å². The van der Waals surface area contributed by atoms with Crippen LogP contribution in [-0.2, 0) is 0 Å². The quantitative estimate of drug-likeness (QED) is 0.597. The first-order valence-corrected chi connectivity index (χ1v) is 3.82. The maximum absolute atomic E-state index is 5.43. The number of nitrogens with two attached hydrogens (primary N) is 1.